The van der Waals surface area contributed by atoms with Gasteiger partial charge in [-0.15, -0.1) is 0 Å². The molecule has 0 aromatic heterocycles. The van der Waals surface area contributed by atoms with Gasteiger partial charge in [0.05, 0.1) is 6.07 Å². The summed E-state index contributed by atoms with van der Waals surface area (Å²) in [5.41, 5.74) is 1.65. The third-order valence-corrected chi connectivity index (χ3v) is 5.05. The largest absolute Gasteiger partial charge is 0.322 e. The minimum absolute atomic E-state index is 0.104. The molecule has 2 aliphatic heterocycles. The molecule has 0 spiro atoms. The van der Waals surface area contributed by atoms with Gasteiger partial charge in [-0.25, -0.2) is 0 Å². The van der Waals surface area contributed by atoms with Crippen molar-refractivity contribution in [1.82, 2.24) is 10.2 Å². The maximum Gasteiger partial charge on any atom is 0.256 e. The molecule has 1 saturated heterocycles. The molecule has 144 valence electrons. The van der Waals surface area contributed by atoms with E-state index in [0.717, 1.165) is 0 Å². The van der Waals surface area contributed by atoms with Crippen molar-refractivity contribution in [1.29, 1.82) is 5.26 Å². The molecule has 2 atom stereocenters. The summed E-state index contributed by atoms with van der Waals surface area (Å²) in [7, 11) is 0. The van der Waals surface area contributed by atoms with Crippen molar-refractivity contribution in [2.75, 3.05) is 5.32 Å². The van der Waals surface area contributed by atoms with Crippen molar-refractivity contribution in [2.24, 2.45) is 0 Å². The zero-order valence-electron chi connectivity index (χ0n) is 15.2. The van der Waals surface area contributed by atoms with Gasteiger partial charge in [0.2, 0.25) is 11.8 Å². The number of imide groups is 1. The van der Waals surface area contributed by atoms with Crippen LogP contribution in [0.25, 0.3) is 0 Å². The molecule has 4 amide bonds. The summed E-state index contributed by atoms with van der Waals surface area (Å²) in [4.78, 5) is 50.1. The van der Waals surface area contributed by atoms with Gasteiger partial charge in [-0.1, -0.05) is 18.2 Å². The fraction of sp³-hybridized carbons (Fsp3) is 0.190. The number of benzene rings is 2. The monoisotopic (exact) mass is 388 g/mol. The second kappa shape index (κ2) is 7.20. The van der Waals surface area contributed by atoms with Crippen LogP contribution < -0.4 is 10.6 Å². The van der Waals surface area contributed by atoms with E-state index in [0.29, 0.717) is 22.4 Å². The van der Waals surface area contributed by atoms with Gasteiger partial charge in [0, 0.05) is 28.8 Å². The number of piperidine rings is 1. The van der Waals surface area contributed by atoms with Gasteiger partial charge in [0.15, 0.2) is 0 Å². The first kappa shape index (κ1) is 18.4. The minimum Gasteiger partial charge on any atom is -0.322 e. The van der Waals surface area contributed by atoms with Crippen LogP contribution in [0.15, 0.2) is 48.5 Å². The molecule has 2 aliphatic rings. The number of nitriles is 1. The van der Waals surface area contributed by atoms with Gasteiger partial charge in [-0.3, -0.25) is 24.5 Å². The highest BCUT2D eigenvalue weighted by Crippen LogP contribution is 2.37. The third kappa shape index (κ3) is 3.23. The van der Waals surface area contributed by atoms with E-state index in [9.17, 15) is 24.4 Å². The van der Waals surface area contributed by atoms with Crippen LogP contribution in [-0.2, 0) is 9.59 Å². The quantitative estimate of drug-likeness (QED) is 0.777. The smallest absolute Gasteiger partial charge is 0.256 e. The van der Waals surface area contributed by atoms with E-state index < -0.39 is 29.8 Å². The molecule has 1 fully saturated rings. The maximum absolute atomic E-state index is 12.9. The first-order valence-electron chi connectivity index (χ1n) is 9.06. The molecule has 2 aromatic carbocycles. The van der Waals surface area contributed by atoms with Crippen LogP contribution in [0, 0.1) is 11.3 Å². The predicted molar refractivity (Wildman–Crippen MR) is 102 cm³/mol. The lowest BCUT2D eigenvalue weighted by molar-refractivity contribution is -0.137. The van der Waals surface area contributed by atoms with E-state index in [4.69, 9.17) is 0 Å². The molecule has 0 bridgehead atoms. The molecule has 8 nitrogen and oxygen atoms in total. The molecule has 0 aliphatic carbocycles. The molecule has 0 saturated carbocycles. The van der Waals surface area contributed by atoms with Crippen molar-refractivity contribution in [3.8, 4) is 6.07 Å². The average Bonchev–Trinajstić information content (AvgIpc) is 3.00. The van der Waals surface area contributed by atoms with Crippen molar-refractivity contribution in [2.45, 2.75) is 24.9 Å². The van der Waals surface area contributed by atoms with E-state index in [1.165, 1.54) is 11.0 Å². The SMILES string of the molecule is N#CC1c2cc(NC(=O)c3ccccc3)ccc2C(=O)N1C1CCC(=O)NC1=O. The molecule has 2 aromatic rings. The number of nitrogens with one attached hydrogen (secondary N) is 2. The Kier molecular flexibility index (Phi) is 4.56. The molecular weight excluding hydrogens is 372 g/mol. The molecule has 4 rings (SSSR count). The van der Waals surface area contributed by atoms with Crippen LogP contribution in [0.1, 0.15) is 45.2 Å². The van der Waals surface area contributed by atoms with Gasteiger partial charge in [0.1, 0.15) is 12.1 Å². The number of fused-ring (bicyclic) bond motifs is 1. The lowest BCUT2D eigenvalue weighted by Crippen LogP contribution is -2.53. The second-order valence-electron chi connectivity index (χ2n) is 6.83. The van der Waals surface area contributed by atoms with Crippen LogP contribution in [-0.4, -0.2) is 34.6 Å². The number of nitrogens with zero attached hydrogens (tertiary/aromatic N) is 2. The Morgan fingerprint density at radius 3 is 2.59 bits per heavy atom. The lowest BCUT2D eigenvalue weighted by atomic mass is 10.0. The van der Waals surface area contributed by atoms with Crippen molar-refractivity contribution in [3.63, 3.8) is 0 Å². The van der Waals surface area contributed by atoms with Gasteiger partial charge < -0.3 is 10.2 Å². The highest BCUT2D eigenvalue weighted by atomic mass is 16.2. The highest BCUT2D eigenvalue weighted by molar-refractivity contribution is 6.07. The number of amides is 4. The summed E-state index contributed by atoms with van der Waals surface area (Å²) in [5.74, 6) is -1.73. The second-order valence-corrected chi connectivity index (χ2v) is 6.83. The molecule has 29 heavy (non-hydrogen) atoms. The molecular formula is C21H16N4O4. The Labute approximate surface area is 166 Å². The van der Waals surface area contributed by atoms with Crippen LogP contribution in [0.5, 0.6) is 0 Å². The minimum atomic E-state index is -0.977. The zero-order chi connectivity index (χ0) is 20.5. The maximum atomic E-state index is 12.9. The normalized spacial score (nSPS) is 20.7. The molecule has 8 heteroatoms. The number of anilines is 1. The predicted octanol–water partition coefficient (Wildman–Crippen LogP) is 1.76. The summed E-state index contributed by atoms with van der Waals surface area (Å²) < 4.78 is 0. The zero-order valence-corrected chi connectivity index (χ0v) is 15.2. The standard InChI is InChI=1S/C21H16N4O4/c22-11-17-15-10-13(23-19(27)12-4-2-1-3-5-12)6-7-14(15)21(29)25(17)16-8-9-18(26)24-20(16)28/h1-7,10,16-17H,8-9H2,(H,23,27)(H,24,26,28). The van der Waals surface area contributed by atoms with E-state index in [1.807, 2.05) is 0 Å². The Morgan fingerprint density at radius 1 is 1.14 bits per heavy atom. The van der Waals surface area contributed by atoms with Crippen LogP contribution in [0.3, 0.4) is 0 Å². The van der Waals surface area contributed by atoms with Crippen LogP contribution in [0.4, 0.5) is 5.69 Å². The fourth-order valence-corrected chi connectivity index (χ4v) is 3.66. The van der Waals surface area contributed by atoms with Crippen molar-refractivity contribution in [3.05, 3.63) is 65.2 Å². The summed E-state index contributed by atoms with van der Waals surface area (Å²) in [6.45, 7) is 0. The summed E-state index contributed by atoms with van der Waals surface area (Å²) in [6.07, 6.45) is 0.271. The van der Waals surface area contributed by atoms with E-state index in [1.54, 1.807) is 42.5 Å². The third-order valence-electron chi connectivity index (χ3n) is 5.05. The first-order valence-corrected chi connectivity index (χ1v) is 9.06. The first-order chi connectivity index (χ1) is 14.0. The van der Waals surface area contributed by atoms with Crippen LogP contribution in [0.2, 0.25) is 0 Å². The molecule has 0 radical (unpaired) electrons. The summed E-state index contributed by atoms with van der Waals surface area (Å²) in [5, 5.41) is 14.7. The highest BCUT2D eigenvalue weighted by Gasteiger charge is 2.45. The van der Waals surface area contributed by atoms with E-state index in [-0.39, 0.29) is 18.7 Å². The molecule has 2 N–H and O–H groups in total. The molecule has 2 unspecified atom stereocenters. The van der Waals surface area contributed by atoms with E-state index >= 15 is 0 Å². The Hall–Kier alpha value is -3.99. The number of hydrogen-bond acceptors (Lipinski definition) is 5. The van der Waals surface area contributed by atoms with Gasteiger partial charge >= 0.3 is 0 Å². The van der Waals surface area contributed by atoms with Crippen molar-refractivity contribution >= 4 is 29.3 Å². The lowest BCUT2D eigenvalue weighted by Gasteiger charge is -2.31. The Morgan fingerprint density at radius 2 is 1.90 bits per heavy atom. The van der Waals surface area contributed by atoms with Gasteiger partial charge in [-0.05, 0) is 36.8 Å². The number of carbonyl (C=O) groups is 4. The van der Waals surface area contributed by atoms with E-state index in [2.05, 4.69) is 16.7 Å². The Bertz CT molecular complexity index is 1070. The summed E-state index contributed by atoms with van der Waals surface area (Å²) >= 11 is 0. The number of hydrogen-bond donors (Lipinski definition) is 2. The number of rotatable bonds is 3. The van der Waals surface area contributed by atoms with Gasteiger partial charge in [0.25, 0.3) is 11.8 Å². The van der Waals surface area contributed by atoms with Crippen molar-refractivity contribution < 1.29 is 19.2 Å². The Balaban J connectivity index is 1.62. The average molecular weight is 388 g/mol. The molecule has 2 heterocycles. The summed E-state index contributed by atoms with van der Waals surface area (Å²) in [6, 6.07) is 13.6. The van der Waals surface area contributed by atoms with Crippen LogP contribution >= 0.6 is 0 Å². The topological polar surface area (TPSA) is 119 Å². The fourth-order valence-electron chi connectivity index (χ4n) is 3.66. The van der Waals surface area contributed by atoms with Gasteiger partial charge in [-0.2, -0.15) is 5.26 Å². The number of carbonyl (C=O) groups excluding carboxylic acids is 4.